The van der Waals surface area contributed by atoms with Crippen molar-refractivity contribution in [2.75, 3.05) is 27.4 Å². The topological polar surface area (TPSA) is 117 Å². The van der Waals surface area contributed by atoms with Gasteiger partial charge in [0.25, 0.3) is 11.6 Å². The van der Waals surface area contributed by atoms with Crippen molar-refractivity contribution in [3.63, 3.8) is 0 Å². The molecule has 0 bridgehead atoms. The van der Waals surface area contributed by atoms with Crippen LogP contribution in [0.1, 0.15) is 21.5 Å². The molecule has 0 radical (unpaired) electrons. The van der Waals surface area contributed by atoms with Crippen LogP contribution in [0.5, 0.6) is 11.5 Å². The lowest BCUT2D eigenvalue weighted by molar-refractivity contribution is -0.385. The van der Waals surface area contributed by atoms with Crippen molar-refractivity contribution < 1.29 is 28.7 Å². The molecule has 0 aromatic heterocycles. The van der Waals surface area contributed by atoms with Gasteiger partial charge in [-0.25, -0.2) is 4.79 Å². The average molecular weight is 402 g/mol. The molecule has 0 saturated carbocycles. The molecule has 9 heteroatoms. The number of ether oxygens (including phenoxy) is 3. The monoisotopic (exact) mass is 402 g/mol. The number of para-hydroxylation sites is 1. The second kappa shape index (κ2) is 10.1. The quantitative estimate of drug-likeness (QED) is 0.389. The first-order chi connectivity index (χ1) is 13.9. The summed E-state index contributed by atoms with van der Waals surface area (Å²) < 4.78 is 15.3. The van der Waals surface area contributed by atoms with E-state index in [1.165, 1.54) is 32.2 Å². The minimum Gasteiger partial charge on any atom is -0.493 e. The van der Waals surface area contributed by atoms with Crippen LogP contribution in [0.15, 0.2) is 36.4 Å². The number of hydrogen-bond acceptors (Lipinski definition) is 7. The number of aryl methyl sites for hydroxylation is 1. The van der Waals surface area contributed by atoms with Crippen LogP contribution in [0.25, 0.3) is 0 Å². The molecular weight excluding hydrogens is 380 g/mol. The van der Waals surface area contributed by atoms with Gasteiger partial charge >= 0.3 is 5.97 Å². The predicted molar refractivity (Wildman–Crippen MR) is 104 cm³/mol. The molecule has 0 fully saturated rings. The zero-order chi connectivity index (χ0) is 21.4. The fourth-order valence-electron chi connectivity index (χ4n) is 2.71. The third kappa shape index (κ3) is 5.68. The summed E-state index contributed by atoms with van der Waals surface area (Å²) in [4.78, 5) is 34.5. The Balaban J connectivity index is 1.86. The molecule has 29 heavy (non-hydrogen) atoms. The Morgan fingerprint density at radius 2 is 1.83 bits per heavy atom. The van der Waals surface area contributed by atoms with Gasteiger partial charge in [-0.3, -0.25) is 14.9 Å². The van der Waals surface area contributed by atoms with Crippen LogP contribution in [0.2, 0.25) is 0 Å². The van der Waals surface area contributed by atoms with E-state index in [1.807, 2.05) is 12.1 Å². The molecule has 1 amide bonds. The second-order valence-electron chi connectivity index (χ2n) is 6.09. The normalized spacial score (nSPS) is 10.2. The number of hydrogen-bond donors (Lipinski definition) is 1. The molecule has 0 saturated heterocycles. The number of nitrogens with zero attached hydrogens (tertiary/aromatic N) is 1. The molecule has 0 atom stereocenters. The maximum atomic E-state index is 12.1. The highest BCUT2D eigenvalue weighted by Gasteiger charge is 2.24. The van der Waals surface area contributed by atoms with Crippen LogP contribution >= 0.6 is 0 Å². The van der Waals surface area contributed by atoms with E-state index in [9.17, 15) is 19.7 Å². The van der Waals surface area contributed by atoms with E-state index < -0.39 is 23.4 Å². The zero-order valence-corrected chi connectivity index (χ0v) is 16.4. The van der Waals surface area contributed by atoms with Crippen LogP contribution in [0, 0.1) is 17.0 Å². The van der Waals surface area contributed by atoms with E-state index in [-0.39, 0.29) is 11.3 Å². The van der Waals surface area contributed by atoms with Gasteiger partial charge in [-0.05, 0) is 37.1 Å². The van der Waals surface area contributed by atoms with Crippen molar-refractivity contribution in [3.8, 4) is 11.5 Å². The van der Waals surface area contributed by atoms with Gasteiger partial charge in [0.1, 0.15) is 5.56 Å². The number of carbonyl (C=O) groups excluding carboxylic acids is 2. The summed E-state index contributed by atoms with van der Waals surface area (Å²) in [6, 6.07) is 9.76. The van der Waals surface area contributed by atoms with Crippen LogP contribution in [-0.2, 0) is 16.0 Å². The van der Waals surface area contributed by atoms with Crippen molar-refractivity contribution in [3.05, 3.63) is 63.2 Å². The number of esters is 1. The van der Waals surface area contributed by atoms with E-state index in [1.54, 1.807) is 13.2 Å². The summed E-state index contributed by atoms with van der Waals surface area (Å²) >= 11 is 0. The number of carbonyl (C=O) groups is 2. The van der Waals surface area contributed by atoms with Crippen LogP contribution < -0.4 is 14.8 Å². The third-order valence-corrected chi connectivity index (χ3v) is 4.16. The van der Waals surface area contributed by atoms with Gasteiger partial charge < -0.3 is 19.5 Å². The fourth-order valence-corrected chi connectivity index (χ4v) is 2.71. The standard InChI is InChI=1S/C20H22N2O7/c1-13-5-4-6-15(19(13)22(25)26)20(24)29-12-18(23)21-10-9-14-7-8-16(27-2)17(11-14)28-3/h4-8,11H,9-10,12H2,1-3H3,(H,21,23). The lowest BCUT2D eigenvalue weighted by Crippen LogP contribution is -2.30. The molecule has 1 N–H and O–H groups in total. The first-order valence-corrected chi connectivity index (χ1v) is 8.76. The number of nitro benzene ring substituents is 1. The molecule has 2 rings (SSSR count). The average Bonchev–Trinajstić information content (AvgIpc) is 2.71. The Hall–Kier alpha value is -3.62. The molecular formula is C20H22N2O7. The van der Waals surface area contributed by atoms with Crippen molar-refractivity contribution >= 4 is 17.6 Å². The van der Waals surface area contributed by atoms with Crippen LogP contribution in [0.3, 0.4) is 0 Å². The number of amides is 1. The molecule has 2 aromatic rings. The summed E-state index contributed by atoms with van der Waals surface area (Å²) in [5, 5.41) is 13.8. The predicted octanol–water partition coefficient (Wildman–Crippen LogP) is 2.44. The van der Waals surface area contributed by atoms with E-state index in [4.69, 9.17) is 14.2 Å². The summed E-state index contributed by atoms with van der Waals surface area (Å²) in [7, 11) is 3.08. The number of nitrogens with one attached hydrogen (secondary N) is 1. The largest absolute Gasteiger partial charge is 0.493 e. The number of rotatable bonds is 9. The number of methoxy groups -OCH3 is 2. The number of nitro groups is 1. The lowest BCUT2D eigenvalue weighted by atomic mass is 10.1. The Bertz CT molecular complexity index is 912. The SMILES string of the molecule is COc1ccc(CCNC(=O)COC(=O)c2cccc(C)c2[N+](=O)[O-])cc1OC. The molecule has 0 heterocycles. The molecule has 154 valence electrons. The van der Waals surface area contributed by atoms with Crippen molar-refractivity contribution in [2.45, 2.75) is 13.3 Å². The van der Waals surface area contributed by atoms with Crippen molar-refractivity contribution in [1.29, 1.82) is 0 Å². The highest BCUT2D eigenvalue weighted by Crippen LogP contribution is 2.27. The van der Waals surface area contributed by atoms with Gasteiger partial charge in [-0.2, -0.15) is 0 Å². The third-order valence-electron chi connectivity index (χ3n) is 4.16. The van der Waals surface area contributed by atoms with Gasteiger partial charge in [0.15, 0.2) is 18.1 Å². The number of benzene rings is 2. The summed E-state index contributed by atoms with van der Waals surface area (Å²) in [5.41, 5.74) is 0.749. The Morgan fingerprint density at radius 1 is 1.10 bits per heavy atom. The molecule has 0 aliphatic rings. The highest BCUT2D eigenvalue weighted by molar-refractivity contribution is 5.95. The van der Waals surface area contributed by atoms with Gasteiger partial charge in [-0.1, -0.05) is 18.2 Å². The van der Waals surface area contributed by atoms with E-state index in [0.717, 1.165) is 5.56 Å². The minimum absolute atomic E-state index is 0.187. The molecule has 0 aliphatic carbocycles. The summed E-state index contributed by atoms with van der Waals surface area (Å²) in [6.07, 6.45) is 0.531. The first-order valence-electron chi connectivity index (χ1n) is 8.76. The molecule has 0 aliphatic heterocycles. The van der Waals surface area contributed by atoms with Crippen molar-refractivity contribution in [2.24, 2.45) is 0 Å². The van der Waals surface area contributed by atoms with Crippen LogP contribution in [-0.4, -0.2) is 44.2 Å². The van der Waals surface area contributed by atoms with Crippen molar-refractivity contribution in [1.82, 2.24) is 5.32 Å². The maximum absolute atomic E-state index is 12.1. The smallest absolute Gasteiger partial charge is 0.345 e. The van der Waals surface area contributed by atoms with E-state index >= 15 is 0 Å². The molecule has 2 aromatic carbocycles. The van der Waals surface area contributed by atoms with Gasteiger partial charge in [0.05, 0.1) is 19.1 Å². The van der Waals surface area contributed by atoms with Gasteiger partial charge in [-0.15, -0.1) is 0 Å². The minimum atomic E-state index is -0.921. The van der Waals surface area contributed by atoms with Gasteiger partial charge in [0, 0.05) is 12.1 Å². The van der Waals surface area contributed by atoms with Crippen LogP contribution in [0.4, 0.5) is 5.69 Å². The highest BCUT2D eigenvalue weighted by atomic mass is 16.6. The maximum Gasteiger partial charge on any atom is 0.345 e. The molecule has 0 spiro atoms. The molecule has 9 nitrogen and oxygen atoms in total. The van der Waals surface area contributed by atoms with Gasteiger partial charge in [0.2, 0.25) is 0 Å². The summed E-state index contributed by atoms with van der Waals surface area (Å²) in [5.74, 6) is -0.230. The van der Waals surface area contributed by atoms with E-state index in [2.05, 4.69) is 5.32 Å². The fraction of sp³-hybridized carbons (Fsp3) is 0.300. The first kappa shape index (κ1) is 21.7. The summed E-state index contributed by atoms with van der Waals surface area (Å²) in [6.45, 7) is 1.31. The Labute approximate surface area is 167 Å². The second-order valence-corrected chi connectivity index (χ2v) is 6.09. The zero-order valence-electron chi connectivity index (χ0n) is 16.4. The Morgan fingerprint density at radius 3 is 2.48 bits per heavy atom. The molecule has 0 unspecified atom stereocenters. The van der Waals surface area contributed by atoms with E-state index in [0.29, 0.717) is 30.0 Å². The Kier molecular flexibility index (Phi) is 7.53. The lowest BCUT2D eigenvalue weighted by Gasteiger charge is -2.10.